The Bertz CT molecular complexity index is 2050. The Morgan fingerprint density at radius 1 is 0.938 bits per heavy atom. The maximum atomic E-state index is 14.0. The number of nitrogens with zero attached hydrogens (tertiary/aromatic N) is 2. The summed E-state index contributed by atoms with van der Waals surface area (Å²) in [5, 5.41) is 9.41. The van der Waals surface area contributed by atoms with Crippen LogP contribution in [0.2, 0.25) is 5.02 Å². The van der Waals surface area contributed by atoms with Crippen molar-refractivity contribution in [1.29, 1.82) is 0 Å². The predicted molar refractivity (Wildman–Crippen MR) is 180 cm³/mol. The van der Waals surface area contributed by atoms with Gasteiger partial charge in [0.1, 0.15) is 6.61 Å². The van der Waals surface area contributed by atoms with Crippen LogP contribution in [0.1, 0.15) is 53.9 Å². The second-order valence-corrected chi connectivity index (χ2v) is 11.7. The third kappa shape index (κ3) is 7.24. The van der Waals surface area contributed by atoms with Crippen molar-refractivity contribution in [2.24, 2.45) is 4.99 Å². The number of methoxy groups -OCH3 is 1. The monoisotopic (exact) mass is 692 g/mol. The number of ether oxygens (including phenoxy) is 5. The fourth-order valence-corrected chi connectivity index (χ4v) is 6.36. The van der Waals surface area contributed by atoms with Gasteiger partial charge in [-0.15, -0.1) is 0 Å². The standard InChI is InChI=1S/C35H33ClN2O9S/c1-5-44-26-13-12-23(17-27(26)45-6-2)30-24(34(42)43-4)18-37-35-38(30)32(39)29(48-35)16-21-14-25(36)31(28(15-21)46-7-3)47-19-20-8-10-22(11-9-20)33(40)41/h8-18,30H,5-7,19H2,1-4H3,(H,40,41)/b29-16-/t30-/m1/s1. The Kier molecular flexibility index (Phi) is 10.9. The van der Waals surface area contributed by atoms with E-state index in [0.717, 1.165) is 16.9 Å². The summed E-state index contributed by atoms with van der Waals surface area (Å²) >= 11 is 7.84. The van der Waals surface area contributed by atoms with Crippen molar-refractivity contribution < 1.29 is 38.4 Å². The first-order valence-electron chi connectivity index (χ1n) is 15.1. The number of carboxylic acids is 1. The number of carbonyl (C=O) groups excluding carboxylic acids is 1. The summed E-state index contributed by atoms with van der Waals surface area (Å²) in [6.45, 7) is 6.83. The summed E-state index contributed by atoms with van der Waals surface area (Å²) in [7, 11) is 1.28. The van der Waals surface area contributed by atoms with Gasteiger partial charge >= 0.3 is 11.9 Å². The van der Waals surface area contributed by atoms with Gasteiger partial charge in [-0.3, -0.25) is 9.36 Å². The van der Waals surface area contributed by atoms with Crippen LogP contribution in [0.5, 0.6) is 23.0 Å². The summed E-state index contributed by atoms with van der Waals surface area (Å²) in [4.78, 5) is 43.0. The number of hydrogen-bond donors (Lipinski definition) is 1. The molecule has 0 radical (unpaired) electrons. The van der Waals surface area contributed by atoms with E-state index < -0.39 is 18.0 Å². The number of carboxylic acid groups (broad SMARTS) is 1. The smallest absolute Gasteiger partial charge is 0.337 e. The second kappa shape index (κ2) is 15.2. The lowest BCUT2D eigenvalue weighted by Crippen LogP contribution is -2.39. The van der Waals surface area contributed by atoms with Gasteiger partial charge in [-0.2, -0.15) is 0 Å². The van der Waals surface area contributed by atoms with E-state index in [1.54, 1.807) is 48.5 Å². The van der Waals surface area contributed by atoms with Crippen LogP contribution in [0.4, 0.5) is 0 Å². The van der Waals surface area contributed by atoms with Gasteiger partial charge in [-0.1, -0.05) is 41.1 Å². The lowest BCUT2D eigenvalue weighted by molar-refractivity contribution is -0.136. The average molecular weight is 693 g/mol. The van der Waals surface area contributed by atoms with Crippen molar-refractivity contribution in [1.82, 2.24) is 4.57 Å². The summed E-state index contributed by atoms with van der Waals surface area (Å²) in [6, 6.07) is 14.1. The zero-order chi connectivity index (χ0) is 34.4. The molecule has 48 heavy (non-hydrogen) atoms. The maximum absolute atomic E-state index is 14.0. The van der Waals surface area contributed by atoms with E-state index in [9.17, 15) is 14.4 Å². The van der Waals surface area contributed by atoms with E-state index in [2.05, 4.69) is 4.99 Å². The molecule has 250 valence electrons. The van der Waals surface area contributed by atoms with Crippen LogP contribution in [0, 0.1) is 0 Å². The molecule has 13 heteroatoms. The van der Waals surface area contributed by atoms with Gasteiger partial charge in [0.15, 0.2) is 27.8 Å². The number of halogens is 1. The molecule has 5 rings (SSSR count). The van der Waals surface area contributed by atoms with Gasteiger partial charge in [0.05, 0.1) is 53.7 Å². The highest BCUT2D eigenvalue weighted by Gasteiger charge is 2.31. The number of rotatable bonds is 13. The number of carbonyl (C=O) groups is 2. The minimum atomic E-state index is -1.02. The van der Waals surface area contributed by atoms with Crippen molar-refractivity contribution in [3.63, 3.8) is 0 Å². The minimum absolute atomic E-state index is 0.122. The quantitative estimate of drug-likeness (QED) is 0.189. The summed E-state index contributed by atoms with van der Waals surface area (Å²) in [5.74, 6) is 0.0741. The zero-order valence-electron chi connectivity index (χ0n) is 26.7. The Balaban J connectivity index is 1.54. The summed E-state index contributed by atoms with van der Waals surface area (Å²) in [6.07, 6.45) is 3.10. The number of aromatic carboxylic acids is 1. The molecule has 1 aliphatic rings. The first kappa shape index (κ1) is 34.3. The van der Waals surface area contributed by atoms with Crippen LogP contribution in [0.15, 0.2) is 76.2 Å². The van der Waals surface area contributed by atoms with Crippen molar-refractivity contribution >= 4 is 41.0 Å². The summed E-state index contributed by atoms with van der Waals surface area (Å²) in [5.41, 5.74) is 1.92. The first-order chi connectivity index (χ1) is 23.2. The lowest BCUT2D eigenvalue weighted by atomic mass is 9.97. The zero-order valence-corrected chi connectivity index (χ0v) is 28.2. The molecule has 4 aromatic rings. The maximum Gasteiger partial charge on any atom is 0.337 e. The minimum Gasteiger partial charge on any atom is -0.490 e. The van der Waals surface area contributed by atoms with E-state index in [1.807, 2.05) is 20.8 Å². The van der Waals surface area contributed by atoms with Crippen LogP contribution >= 0.6 is 22.9 Å². The van der Waals surface area contributed by atoms with Crippen LogP contribution in [0.25, 0.3) is 6.08 Å². The fraction of sp³-hybridized carbons (Fsp3) is 0.257. The largest absolute Gasteiger partial charge is 0.490 e. The Hall–Kier alpha value is -5.07. The third-order valence-electron chi connectivity index (χ3n) is 7.22. The van der Waals surface area contributed by atoms with Crippen LogP contribution in [-0.4, -0.2) is 48.5 Å². The number of benzene rings is 3. The number of thiazole rings is 1. The van der Waals surface area contributed by atoms with Crippen LogP contribution in [-0.2, 0) is 16.1 Å². The molecular formula is C35H33ClN2O9S. The highest BCUT2D eigenvalue weighted by molar-refractivity contribution is 7.07. The molecule has 0 amide bonds. The molecule has 3 aromatic carbocycles. The van der Waals surface area contributed by atoms with Gasteiger partial charge in [0, 0.05) is 6.20 Å². The lowest BCUT2D eigenvalue weighted by Gasteiger charge is -2.23. The average Bonchev–Trinajstić information content (AvgIpc) is 3.39. The molecule has 0 fully saturated rings. The van der Waals surface area contributed by atoms with Crippen molar-refractivity contribution in [2.75, 3.05) is 26.9 Å². The molecule has 0 unspecified atom stereocenters. The van der Waals surface area contributed by atoms with Crippen molar-refractivity contribution in [3.05, 3.63) is 113 Å². The van der Waals surface area contributed by atoms with E-state index in [1.165, 1.54) is 30.0 Å². The Labute approximate surface area is 284 Å². The SMILES string of the molecule is CCOc1ccc([C@@H]2C(C(=O)OC)=CN=c3s/c(=C\c4cc(Cl)c(OCc5ccc(C(=O)O)cc5)c(OCC)c4)c(=O)n32)cc1OCC. The van der Waals surface area contributed by atoms with Crippen LogP contribution in [0.3, 0.4) is 0 Å². The first-order valence-corrected chi connectivity index (χ1v) is 16.3. The molecule has 1 atom stereocenters. The van der Waals surface area contributed by atoms with E-state index in [0.29, 0.717) is 63.3 Å². The molecule has 2 heterocycles. The molecule has 0 aliphatic carbocycles. The number of fused-ring (bicyclic) bond motifs is 1. The van der Waals surface area contributed by atoms with E-state index in [4.69, 9.17) is 40.4 Å². The molecule has 11 nitrogen and oxygen atoms in total. The Morgan fingerprint density at radius 2 is 1.62 bits per heavy atom. The second-order valence-electron chi connectivity index (χ2n) is 10.3. The van der Waals surface area contributed by atoms with Gasteiger partial charge in [-0.25, -0.2) is 14.6 Å². The van der Waals surface area contributed by atoms with Crippen molar-refractivity contribution in [3.8, 4) is 23.0 Å². The molecule has 1 aromatic heterocycles. The molecular weight excluding hydrogens is 660 g/mol. The normalized spacial score (nSPS) is 14.0. The highest BCUT2D eigenvalue weighted by atomic mass is 35.5. The fourth-order valence-electron chi connectivity index (χ4n) is 5.11. The molecule has 0 saturated carbocycles. The number of aromatic nitrogens is 1. The molecule has 0 bridgehead atoms. The third-order valence-corrected chi connectivity index (χ3v) is 8.50. The van der Waals surface area contributed by atoms with E-state index in [-0.39, 0.29) is 28.3 Å². The molecule has 0 spiro atoms. The topological polar surface area (TPSA) is 135 Å². The Morgan fingerprint density at radius 3 is 2.29 bits per heavy atom. The highest BCUT2D eigenvalue weighted by Crippen LogP contribution is 2.38. The molecule has 0 saturated heterocycles. The van der Waals surface area contributed by atoms with Crippen molar-refractivity contribution in [2.45, 2.75) is 33.4 Å². The molecule has 1 aliphatic heterocycles. The van der Waals surface area contributed by atoms with Gasteiger partial charge in [0.2, 0.25) is 0 Å². The predicted octanol–water partition coefficient (Wildman–Crippen LogP) is 5.14. The van der Waals surface area contributed by atoms with E-state index >= 15 is 0 Å². The van der Waals surface area contributed by atoms with Crippen LogP contribution < -0.4 is 33.8 Å². The molecule has 1 N–H and O–H groups in total. The number of esters is 1. The number of hydrogen-bond acceptors (Lipinski definition) is 10. The van der Waals surface area contributed by atoms with Gasteiger partial charge in [0.25, 0.3) is 5.56 Å². The van der Waals surface area contributed by atoms with Gasteiger partial charge in [-0.05, 0) is 79.9 Å². The van der Waals surface area contributed by atoms with Gasteiger partial charge < -0.3 is 28.8 Å². The summed E-state index contributed by atoms with van der Waals surface area (Å²) < 4.78 is 30.2.